The molecule has 1 unspecified atom stereocenters. The molecule has 1 fully saturated rings. The van der Waals surface area contributed by atoms with Gasteiger partial charge in [0.2, 0.25) is 0 Å². The maximum atomic E-state index is 4.75. The van der Waals surface area contributed by atoms with Crippen molar-refractivity contribution in [3.05, 3.63) is 54.4 Å². The highest BCUT2D eigenvalue weighted by atomic mass is 32.1. The quantitative estimate of drug-likeness (QED) is 0.469. The summed E-state index contributed by atoms with van der Waals surface area (Å²) in [6, 6.07) is 13.0. The van der Waals surface area contributed by atoms with Crippen LogP contribution in [0.2, 0.25) is 0 Å². The maximum absolute atomic E-state index is 4.75. The van der Waals surface area contributed by atoms with Crippen LogP contribution >= 0.6 is 11.3 Å². The maximum Gasteiger partial charge on any atom is 0.155 e. The Morgan fingerprint density at radius 3 is 2.80 bits per heavy atom. The first-order valence-electron chi connectivity index (χ1n) is 10.9. The van der Waals surface area contributed by atoms with E-state index in [2.05, 4.69) is 61.0 Å². The van der Waals surface area contributed by atoms with Gasteiger partial charge in [0.1, 0.15) is 22.8 Å². The molecule has 0 aliphatic carbocycles. The zero-order chi connectivity index (χ0) is 19.9. The predicted molar refractivity (Wildman–Crippen MR) is 120 cm³/mol. The molecule has 3 aromatic heterocycles. The molecule has 0 radical (unpaired) electrons. The smallest absolute Gasteiger partial charge is 0.155 e. The third-order valence-corrected chi connectivity index (χ3v) is 7.42. The van der Waals surface area contributed by atoms with Crippen LogP contribution < -0.4 is 4.90 Å². The Morgan fingerprint density at radius 1 is 0.933 bits per heavy atom. The van der Waals surface area contributed by atoms with Gasteiger partial charge in [0.25, 0.3) is 0 Å². The summed E-state index contributed by atoms with van der Waals surface area (Å²) in [7, 11) is 0. The van der Waals surface area contributed by atoms with E-state index in [1.165, 1.54) is 29.7 Å². The topological polar surface area (TPSA) is 59.7 Å². The van der Waals surface area contributed by atoms with Crippen molar-refractivity contribution in [2.75, 3.05) is 11.4 Å². The molecule has 0 N–H and O–H groups in total. The molecule has 4 aromatic rings. The molecule has 2 aliphatic rings. The van der Waals surface area contributed by atoms with Gasteiger partial charge in [0, 0.05) is 24.4 Å². The first-order chi connectivity index (χ1) is 14.9. The van der Waals surface area contributed by atoms with Gasteiger partial charge in [-0.05, 0) is 37.3 Å². The molecule has 6 nitrogen and oxygen atoms in total. The van der Waals surface area contributed by atoms with Crippen LogP contribution in [0.15, 0.2) is 42.7 Å². The van der Waals surface area contributed by atoms with Crippen molar-refractivity contribution < 1.29 is 0 Å². The van der Waals surface area contributed by atoms with Gasteiger partial charge in [-0.2, -0.15) is 0 Å². The lowest BCUT2D eigenvalue weighted by molar-refractivity contribution is 0.558. The minimum absolute atomic E-state index is 0.238. The molecule has 0 bridgehead atoms. The molecule has 1 atom stereocenters. The van der Waals surface area contributed by atoms with Crippen molar-refractivity contribution in [1.82, 2.24) is 24.7 Å². The Hall–Kier alpha value is -2.80. The Labute approximate surface area is 179 Å². The molecule has 2 aliphatic heterocycles. The van der Waals surface area contributed by atoms with Gasteiger partial charge in [-0.3, -0.25) is 0 Å². The molecule has 0 spiro atoms. The van der Waals surface area contributed by atoms with Crippen LogP contribution in [0.3, 0.4) is 0 Å². The summed E-state index contributed by atoms with van der Waals surface area (Å²) in [5, 5.41) is 10.4. The number of aromatic nitrogens is 5. The largest absolute Gasteiger partial charge is 0.346 e. The van der Waals surface area contributed by atoms with E-state index in [0.717, 1.165) is 60.0 Å². The van der Waals surface area contributed by atoms with Gasteiger partial charge in [0.15, 0.2) is 5.82 Å². The number of benzene rings is 1. The van der Waals surface area contributed by atoms with Crippen LogP contribution in [-0.4, -0.2) is 31.3 Å². The SMILES string of the molecule is c1ccc(-c2cc3c(N4CCCC4c4nnc5n4CCCCC5)ncnc3s2)cc1. The van der Waals surface area contributed by atoms with E-state index in [0.29, 0.717) is 0 Å². The first kappa shape index (κ1) is 18.0. The molecule has 152 valence electrons. The number of anilines is 1. The fourth-order valence-corrected chi connectivity index (χ4v) is 5.86. The van der Waals surface area contributed by atoms with E-state index in [9.17, 15) is 0 Å². The molecule has 6 rings (SSSR count). The van der Waals surface area contributed by atoms with Crippen molar-refractivity contribution in [3.8, 4) is 10.4 Å². The Bertz CT molecular complexity index is 1180. The minimum atomic E-state index is 0.238. The van der Waals surface area contributed by atoms with Crippen LogP contribution in [0.25, 0.3) is 20.7 Å². The number of nitrogens with zero attached hydrogens (tertiary/aromatic N) is 6. The number of hydrogen-bond acceptors (Lipinski definition) is 6. The van der Waals surface area contributed by atoms with Crippen LogP contribution in [-0.2, 0) is 13.0 Å². The van der Waals surface area contributed by atoms with E-state index in [1.807, 2.05) is 0 Å². The summed E-state index contributed by atoms with van der Waals surface area (Å²) in [4.78, 5) is 14.0. The summed E-state index contributed by atoms with van der Waals surface area (Å²) in [6.07, 6.45) is 8.71. The van der Waals surface area contributed by atoms with Crippen molar-refractivity contribution in [2.24, 2.45) is 0 Å². The van der Waals surface area contributed by atoms with Crippen LogP contribution in [0.4, 0.5) is 5.82 Å². The zero-order valence-corrected chi connectivity index (χ0v) is 17.7. The normalized spacial score (nSPS) is 19.2. The highest BCUT2D eigenvalue weighted by molar-refractivity contribution is 7.21. The van der Waals surface area contributed by atoms with Crippen molar-refractivity contribution in [2.45, 2.75) is 51.1 Å². The second-order valence-corrected chi connectivity index (χ2v) is 9.21. The fraction of sp³-hybridized carbons (Fsp3) is 0.391. The van der Waals surface area contributed by atoms with Crippen molar-refractivity contribution in [1.29, 1.82) is 0 Å². The van der Waals surface area contributed by atoms with E-state index < -0.39 is 0 Å². The van der Waals surface area contributed by atoms with Gasteiger partial charge in [-0.25, -0.2) is 9.97 Å². The Kier molecular flexibility index (Phi) is 4.48. The van der Waals surface area contributed by atoms with Crippen molar-refractivity contribution >= 4 is 27.4 Å². The summed E-state index contributed by atoms with van der Waals surface area (Å²) in [5.41, 5.74) is 1.23. The summed E-state index contributed by atoms with van der Waals surface area (Å²) < 4.78 is 2.39. The Balaban J connectivity index is 1.41. The standard InChI is InChI=1S/C23H24N6S/c1-3-8-16(9-4-1)19-14-17-21(24-15-25-23(17)30-19)28-13-7-10-18(28)22-27-26-20-11-5-2-6-12-29(20)22/h1,3-4,8-9,14-15,18H,2,5-7,10-13H2. The summed E-state index contributed by atoms with van der Waals surface area (Å²) in [6.45, 7) is 2.04. The summed E-state index contributed by atoms with van der Waals surface area (Å²) >= 11 is 1.74. The molecule has 0 amide bonds. The fourth-order valence-electron chi connectivity index (χ4n) is 4.86. The van der Waals surface area contributed by atoms with E-state index >= 15 is 0 Å². The molecule has 5 heterocycles. The lowest BCUT2D eigenvalue weighted by Crippen LogP contribution is -2.26. The first-order valence-corrected chi connectivity index (χ1v) is 11.7. The number of fused-ring (bicyclic) bond motifs is 2. The highest BCUT2D eigenvalue weighted by Gasteiger charge is 2.33. The molecule has 0 saturated carbocycles. The molecular weight excluding hydrogens is 392 g/mol. The molecule has 30 heavy (non-hydrogen) atoms. The zero-order valence-electron chi connectivity index (χ0n) is 16.9. The van der Waals surface area contributed by atoms with E-state index in [4.69, 9.17) is 4.98 Å². The van der Waals surface area contributed by atoms with Gasteiger partial charge >= 0.3 is 0 Å². The molecule has 1 aromatic carbocycles. The third-order valence-electron chi connectivity index (χ3n) is 6.33. The van der Waals surface area contributed by atoms with Crippen LogP contribution in [0.1, 0.15) is 49.8 Å². The lowest BCUT2D eigenvalue weighted by atomic mass is 10.1. The number of hydrogen-bond donors (Lipinski definition) is 0. The summed E-state index contributed by atoms with van der Waals surface area (Å²) in [5.74, 6) is 3.31. The second kappa shape index (κ2) is 7.47. The Morgan fingerprint density at radius 2 is 1.87 bits per heavy atom. The van der Waals surface area contributed by atoms with Gasteiger partial charge in [0.05, 0.1) is 11.4 Å². The average Bonchev–Trinajstić information content (AvgIpc) is 3.49. The van der Waals surface area contributed by atoms with E-state index in [1.54, 1.807) is 17.7 Å². The number of thiophene rings is 1. The monoisotopic (exact) mass is 416 g/mol. The third kappa shape index (κ3) is 2.99. The van der Waals surface area contributed by atoms with Crippen LogP contribution in [0.5, 0.6) is 0 Å². The van der Waals surface area contributed by atoms with Crippen molar-refractivity contribution in [3.63, 3.8) is 0 Å². The molecule has 1 saturated heterocycles. The van der Waals surface area contributed by atoms with E-state index in [-0.39, 0.29) is 6.04 Å². The second-order valence-electron chi connectivity index (χ2n) is 8.18. The average molecular weight is 417 g/mol. The van der Waals surface area contributed by atoms with Gasteiger partial charge in [-0.1, -0.05) is 36.8 Å². The lowest BCUT2D eigenvalue weighted by Gasteiger charge is -2.26. The minimum Gasteiger partial charge on any atom is -0.346 e. The highest BCUT2D eigenvalue weighted by Crippen LogP contribution is 2.41. The van der Waals surface area contributed by atoms with Gasteiger partial charge < -0.3 is 9.47 Å². The number of rotatable bonds is 3. The van der Waals surface area contributed by atoms with Gasteiger partial charge in [-0.15, -0.1) is 21.5 Å². The van der Waals surface area contributed by atoms with Crippen LogP contribution in [0, 0.1) is 0 Å². The number of aryl methyl sites for hydroxylation is 1. The molecule has 7 heteroatoms. The molecular formula is C23H24N6S. The predicted octanol–water partition coefficient (Wildman–Crippen LogP) is 5.02.